The van der Waals surface area contributed by atoms with E-state index in [1.54, 1.807) is 7.11 Å². The Kier molecular flexibility index (Phi) is 7.33. The fraction of sp³-hybridized carbons (Fsp3) is 0.964. The van der Waals surface area contributed by atoms with Gasteiger partial charge in [0.05, 0.1) is 13.2 Å². The molecule has 0 saturated heterocycles. The summed E-state index contributed by atoms with van der Waals surface area (Å²) in [5.41, 5.74) is 0.858. The summed E-state index contributed by atoms with van der Waals surface area (Å²) < 4.78 is 16.8. The van der Waals surface area contributed by atoms with Crippen molar-refractivity contribution in [2.75, 3.05) is 21.0 Å². The molecule has 0 N–H and O–H groups in total. The molecule has 0 bridgehead atoms. The zero-order valence-corrected chi connectivity index (χ0v) is 21.5. The molecule has 32 heavy (non-hydrogen) atoms. The largest absolute Gasteiger partial charge is 0.469 e. The van der Waals surface area contributed by atoms with Gasteiger partial charge in [0.25, 0.3) is 0 Å². The fourth-order valence-electron chi connectivity index (χ4n) is 9.37. The van der Waals surface area contributed by atoms with Crippen molar-refractivity contribution in [1.82, 2.24) is 0 Å². The second-order valence-corrected chi connectivity index (χ2v) is 12.5. The van der Waals surface area contributed by atoms with Gasteiger partial charge >= 0.3 is 5.97 Å². The van der Waals surface area contributed by atoms with E-state index < -0.39 is 0 Å². The van der Waals surface area contributed by atoms with Gasteiger partial charge in [-0.05, 0) is 104 Å². The van der Waals surface area contributed by atoms with E-state index in [9.17, 15) is 4.79 Å². The second kappa shape index (κ2) is 9.56. The minimum Gasteiger partial charge on any atom is -0.469 e. The van der Waals surface area contributed by atoms with Gasteiger partial charge in [0.15, 0.2) is 0 Å². The predicted molar refractivity (Wildman–Crippen MR) is 127 cm³/mol. The minimum absolute atomic E-state index is 0.0638. The van der Waals surface area contributed by atoms with Crippen LogP contribution < -0.4 is 0 Å². The normalized spacial score (nSPS) is 46.6. The van der Waals surface area contributed by atoms with Crippen molar-refractivity contribution in [1.29, 1.82) is 0 Å². The molecule has 4 nitrogen and oxygen atoms in total. The number of ether oxygens (including phenoxy) is 3. The summed E-state index contributed by atoms with van der Waals surface area (Å²) in [5, 5.41) is 0. The van der Waals surface area contributed by atoms with E-state index in [0.29, 0.717) is 47.9 Å². The number of esters is 1. The Morgan fingerprint density at radius 1 is 1.00 bits per heavy atom. The van der Waals surface area contributed by atoms with Gasteiger partial charge in [0.1, 0.15) is 6.79 Å². The molecule has 4 heteroatoms. The van der Waals surface area contributed by atoms with Crippen LogP contribution >= 0.6 is 0 Å². The van der Waals surface area contributed by atoms with Crippen molar-refractivity contribution in [2.24, 2.45) is 52.3 Å². The van der Waals surface area contributed by atoms with Crippen LogP contribution in [0.4, 0.5) is 0 Å². The Labute approximate surface area is 196 Å². The molecule has 0 unspecified atom stereocenters. The van der Waals surface area contributed by atoms with Gasteiger partial charge < -0.3 is 14.2 Å². The van der Waals surface area contributed by atoms with Crippen LogP contribution in [0.2, 0.25) is 0 Å². The van der Waals surface area contributed by atoms with Gasteiger partial charge in [0.2, 0.25) is 0 Å². The fourth-order valence-corrected chi connectivity index (χ4v) is 9.37. The molecule has 0 aliphatic heterocycles. The molecule has 0 heterocycles. The molecule has 4 fully saturated rings. The third-order valence-corrected chi connectivity index (χ3v) is 11.1. The molecule has 0 radical (unpaired) electrons. The highest BCUT2D eigenvalue weighted by atomic mass is 16.7. The van der Waals surface area contributed by atoms with Gasteiger partial charge in [-0.2, -0.15) is 0 Å². The van der Waals surface area contributed by atoms with Gasteiger partial charge in [0, 0.05) is 13.5 Å². The smallest absolute Gasteiger partial charge is 0.305 e. The first-order valence-corrected chi connectivity index (χ1v) is 13.4. The highest BCUT2D eigenvalue weighted by Crippen LogP contribution is 2.69. The SMILES string of the molecule is COCO[C@@H]1C[C@@H]2C[C@H](C)CC[C@]2(C)[C@H]2CC[C@]3(C)[C@@H]([C@H](C)CCC(=O)OC)CC[C@H]3[C@H]12. The average Bonchev–Trinajstić information content (AvgIpc) is 3.13. The molecule has 4 aliphatic rings. The topological polar surface area (TPSA) is 44.8 Å². The molecular formula is C28H48O4. The zero-order chi connectivity index (χ0) is 23.1. The standard InChI is InChI=1S/C28H48O4/c1-18-11-13-27(3)20(15-18)16-24(32-17-30-5)26-22-9-8-21(19(2)7-10-25(29)31-6)28(22,4)14-12-23(26)27/h18-24,26H,7-17H2,1-6H3/t18-,19-,20+,21-,22+,23+,24-,26+,27+,28-/m1/s1. The van der Waals surface area contributed by atoms with Crippen LogP contribution in [-0.4, -0.2) is 33.1 Å². The van der Waals surface area contributed by atoms with Crippen molar-refractivity contribution >= 4 is 5.97 Å². The van der Waals surface area contributed by atoms with Crippen LogP contribution in [0.1, 0.15) is 91.9 Å². The van der Waals surface area contributed by atoms with E-state index >= 15 is 0 Å². The van der Waals surface area contributed by atoms with Crippen LogP contribution in [-0.2, 0) is 19.0 Å². The van der Waals surface area contributed by atoms with E-state index in [0.717, 1.165) is 30.1 Å². The van der Waals surface area contributed by atoms with Crippen LogP contribution in [0.25, 0.3) is 0 Å². The monoisotopic (exact) mass is 448 g/mol. The number of carbonyl (C=O) groups is 1. The van der Waals surface area contributed by atoms with Gasteiger partial charge in [-0.1, -0.05) is 34.1 Å². The van der Waals surface area contributed by atoms with Gasteiger partial charge in [-0.25, -0.2) is 0 Å². The molecule has 4 rings (SSSR count). The average molecular weight is 449 g/mol. The number of rotatable bonds is 7. The van der Waals surface area contributed by atoms with Crippen molar-refractivity contribution in [3.63, 3.8) is 0 Å². The van der Waals surface area contributed by atoms with Crippen LogP contribution in [0.3, 0.4) is 0 Å². The molecule has 184 valence electrons. The Hall–Kier alpha value is -0.610. The number of hydrogen-bond acceptors (Lipinski definition) is 4. The Balaban J connectivity index is 1.57. The summed E-state index contributed by atoms with van der Waals surface area (Å²) in [6, 6.07) is 0. The molecule has 10 atom stereocenters. The van der Waals surface area contributed by atoms with E-state index in [1.807, 2.05) is 0 Å². The Bertz CT molecular complexity index is 664. The zero-order valence-electron chi connectivity index (χ0n) is 21.5. The maximum atomic E-state index is 11.8. The summed E-state index contributed by atoms with van der Waals surface area (Å²) in [6.45, 7) is 10.5. The lowest BCUT2D eigenvalue weighted by molar-refractivity contribution is -0.204. The van der Waals surface area contributed by atoms with Crippen LogP contribution in [0, 0.1) is 52.3 Å². The molecule has 0 aromatic heterocycles. The predicted octanol–water partition coefficient (Wildman–Crippen LogP) is 6.47. The summed E-state index contributed by atoms with van der Waals surface area (Å²) in [5.74, 6) is 5.06. The van der Waals surface area contributed by atoms with Crippen molar-refractivity contribution in [3.05, 3.63) is 0 Å². The lowest BCUT2D eigenvalue weighted by Crippen LogP contribution is -2.58. The summed E-state index contributed by atoms with van der Waals surface area (Å²) in [4.78, 5) is 11.8. The van der Waals surface area contributed by atoms with E-state index in [-0.39, 0.29) is 5.97 Å². The molecule has 0 aromatic carbocycles. The Morgan fingerprint density at radius 2 is 1.72 bits per heavy atom. The van der Waals surface area contributed by atoms with E-state index in [1.165, 1.54) is 58.5 Å². The minimum atomic E-state index is -0.0638. The number of hydrogen-bond donors (Lipinski definition) is 0. The highest BCUT2D eigenvalue weighted by molar-refractivity contribution is 5.69. The first-order chi connectivity index (χ1) is 15.2. The summed E-state index contributed by atoms with van der Waals surface area (Å²) >= 11 is 0. The molecule has 4 aliphatic carbocycles. The lowest BCUT2D eigenvalue weighted by atomic mass is 9.43. The van der Waals surface area contributed by atoms with Gasteiger partial charge in [-0.15, -0.1) is 0 Å². The molecule has 0 spiro atoms. The molecule has 0 amide bonds. The maximum absolute atomic E-state index is 11.8. The summed E-state index contributed by atoms with van der Waals surface area (Å²) in [6.07, 6.45) is 12.6. The van der Waals surface area contributed by atoms with Crippen LogP contribution in [0.15, 0.2) is 0 Å². The third-order valence-electron chi connectivity index (χ3n) is 11.1. The molecule has 4 saturated carbocycles. The van der Waals surface area contributed by atoms with Gasteiger partial charge in [-0.3, -0.25) is 4.79 Å². The number of fused-ring (bicyclic) bond motifs is 5. The first-order valence-electron chi connectivity index (χ1n) is 13.4. The Morgan fingerprint density at radius 3 is 2.44 bits per heavy atom. The highest BCUT2D eigenvalue weighted by Gasteiger charge is 2.63. The number of carbonyl (C=O) groups excluding carboxylic acids is 1. The first kappa shape index (κ1) is 24.5. The second-order valence-electron chi connectivity index (χ2n) is 12.5. The van der Waals surface area contributed by atoms with E-state index in [2.05, 4.69) is 27.7 Å². The molecular weight excluding hydrogens is 400 g/mol. The van der Waals surface area contributed by atoms with Crippen molar-refractivity contribution in [2.45, 2.75) is 98.0 Å². The molecule has 0 aromatic rings. The number of methoxy groups -OCH3 is 2. The van der Waals surface area contributed by atoms with Crippen molar-refractivity contribution in [3.8, 4) is 0 Å². The summed E-state index contributed by atoms with van der Waals surface area (Å²) in [7, 11) is 3.26. The van der Waals surface area contributed by atoms with E-state index in [4.69, 9.17) is 14.2 Å². The quantitative estimate of drug-likeness (QED) is 0.331. The van der Waals surface area contributed by atoms with Crippen LogP contribution in [0.5, 0.6) is 0 Å². The maximum Gasteiger partial charge on any atom is 0.305 e. The lowest BCUT2D eigenvalue weighted by Gasteiger charge is -2.63. The third kappa shape index (κ3) is 4.17. The van der Waals surface area contributed by atoms with Crippen molar-refractivity contribution < 1.29 is 19.0 Å².